The Labute approximate surface area is 78.7 Å². The maximum Gasteiger partial charge on any atom is 0.124 e. The zero-order chi connectivity index (χ0) is 10.0. The molecule has 0 amide bonds. The van der Waals surface area contributed by atoms with Crippen LogP contribution in [0.2, 0.25) is 0 Å². The summed E-state index contributed by atoms with van der Waals surface area (Å²) in [6.07, 6.45) is 0. The second-order valence-electron chi connectivity index (χ2n) is 3.52. The van der Waals surface area contributed by atoms with Gasteiger partial charge in [-0.15, -0.1) is 0 Å². The average molecular weight is 177 g/mol. The molecule has 0 saturated heterocycles. The molecule has 0 aromatic heterocycles. The molecule has 1 rings (SSSR count). The maximum atomic E-state index is 9.57. The molecular formula is C11H15NO. The van der Waals surface area contributed by atoms with Crippen LogP contribution in [0.4, 0.5) is 0 Å². The normalized spacial score (nSPS) is 10.5. The minimum Gasteiger partial charge on any atom is -0.507 e. The van der Waals surface area contributed by atoms with Gasteiger partial charge in [-0.1, -0.05) is 26.0 Å². The molecule has 2 nitrogen and oxygen atoms in total. The van der Waals surface area contributed by atoms with Crippen LogP contribution in [0.1, 0.15) is 37.8 Å². The first-order valence-corrected chi connectivity index (χ1v) is 4.41. The fourth-order valence-corrected chi connectivity index (χ4v) is 1.45. The molecule has 0 heterocycles. The number of hydrogen-bond acceptors (Lipinski definition) is 2. The van der Waals surface area contributed by atoms with Gasteiger partial charge < -0.3 is 10.5 Å². The number of rotatable bonds is 2. The lowest BCUT2D eigenvalue weighted by atomic mass is 9.94. The van der Waals surface area contributed by atoms with Gasteiger partial charge in [0.1, 0.15) is 5.75 Å². The number of aromatic hydroxyl groups is 1. The topological polar surface area (TPSA) is 44.1 Å². The van der Waals surface area contributed by atoms with Gasteiger partial charge in [-0.25, -0.2) is 0 Å². The van der Waals surface area contributed by atoms with Gasteiger partial charge in [-0.2, -0.15) is 0 Å². The molecule has 13 heavy (non-hydrogen) atoms. The lowest BCUT2D eigenvalue weighted by Gasteiger charge is -2.12. The van der Waals surface area contributed by atoms with Gasteiger partial charge in [-0.3, -0.25) is 0 Å². The fourth-order valence-electron chi connectivity index (χ4n) is 1.45. The summed E-state index contributed by atoms with van der Waals surface area (Å²) in [5, 5.41) is 17.1. The first kappa shape index (κ1) is 9.78. The van der Waals surface area contributed by atoms with Gasteiger partial charge >= 0.3 is 0 Å². The van der Waals surface area contributed by atoms with Crippen molar-refractivity contribution in [3.05, 3.63) is 29.3 Å². The summed E-state index contributed by atoms with van der Waals surface area (Å²) in [7, 11) is 0. The van der Waals surface area contributed by atoms with Gasteiger partial charge in [-0.05, 0) is 24.5 Å². The molecule has 0 atom stereocenters. The fraction of sp³-hybridized carbons (Fsp3) is 0.364. The van der Waals surface area contributed by atoms with Crippen molar-refractivity contribution in [2.45, 2.75) is 26.7 Å². The molecule has 0 aliphatic carbocycles. The van der Waals surface area contributed by atoms with Gasteiger partial charge in [0.15, 0.2) is 0 Å². The van der Waals surface area contributed by atoms with Gasteiger partial charge in [0.25, 0.3) is 0 Å². The number of phenols is 1. The monoisotopic (exact) mass is 177 g/mol. The van der Waals surface area contributed by atoms with E-state index in [1.165, 1.54) is 0 Å². The van der Waals surface area contributed by atoms with Crippen LogP contribution < -0.4 is 0 Å². The Bertz CT molecular complexity index is 329. The summed E-state index contributed by atoms with van der Waals surface area (Å²) in [6, 6.07) is 5.40. The van der Waals surface area contributed by atoms with E-state index in [9.17, 15) is 5.11 Å². The second-order valence-corrected chi connectivity index (χ2v) is 3.52. The number of hydrogen-bond donors (Lipinski definition) is 2. The van der Waals surface area contributed by atoms with Gasteiger partial charge in [0, 0.05) is 11.3 Å². The Morgan fingerprint density at radius 3 is 2.38 bits per heavy atom. The third-order valence-corrected chi connectivity index (χ3v) is 2.07. The smallest absolute Gasteiger partial charge is 0.124 e. The summed E-state index contributed by atoms with van der Waals surface area (Å²) in [5.41, 5.74) is 2.13. The third kappa shape index (κ3) is 1.89. The molecular weight excluding hydrogens is 162 g/mol. The van der Waals surface area contributed by atoms with E-state index in [2.05, 4.69) is 13.8 Å². The van der Waals surface area contributed by atoms with Crippen molar-refractivity contribution in [3.8, 4) is 5.75 Å². The quantitative estimate of drug-likeness (QED) is 0.670. The van der Waals surface area contributed by atoms with E-state index in [4.69, 9.17) is 5.41 Å². The Kier molecular flexibility index (Phi) is 2.71. The van der Waals surface area contributed by atoms with Crippen molar-refractivity contribution >= 4 is 5.71 Å². The Hall–Kier alpha value is -1.31. The average Bonchev–Trinajstić information content (AvgIpc) is 2.02. The number of benzene rings is 1. The first-order valence-electron chi connectivity index (χ1n) is 4.41. The highest BCUT2D eigenvalue weighted by Gasteiger charge is 2.11. The van der Waals surface area contributed by atoms with E-state index in [0.717, 1.165) is 5.56 Å². The molecule has 0 aliphatic heterocycles. The molecule has 0 aliphatic rings. The molecule has 0 unspecified atom stereocenters. The van der Waals surface area contributed by atoms with E-state index in [1.807, 2.05) is 12.1 Å². The molecule has 70 valence electrons. The molecule has 1 aromatic carbocycles. The van der Waals surface area contributed by atoms with Crippen molar-refractivity contribution < 1.29 is 5.11 Å². The lowest BCUT2D eigenvalue weighted by molar-refractivity contribution is 0.472. The highest BCUT2D eigenvalue weighted by molar-refractivity contribution is 6.00. The van der Waals surface area contributed by atoms with Crippen LogP contribution in [0.5, 0.6) is 5.75 Å². The summed E-state index contributed by atoms with van der Waals surface area (Å²) in [4.78, 5) is 0. The predicted octanol–water partition coefficient (Wildman–Crippen LogP) is 2.90. The highest BCUT2D eigenvalue weighted by Crippen LogP contribution is 2.26. The Morgan fingerprint density at radius 1 is 1.38 bits per heavy atom. The van der Waals surface area contributed by atoms with E-state index in [0.29, 0.717) is 17.2 Å². The van der Waals surface area contributed by atoms with Crippen molar-refractivity contribution in [3.63, 3.8) is 0 Å². The van der Waals surface area contributed by atoms with E-state index in [1.54, 1.807) is 13.0 Å². The molecule has 0 fully saturated rings. The Morgan fingerprint density at radius 2 is 2.00 bits per heavy atom. The van der Waals surface area contributed by atoms with Crippen molar-refractivity contribution in [2.24, 2.45) is 0 Å². The van der Waals surface area contributed by atoms with Gasteiger partial charge in [0.2, 0.25) is 0 Å². The minimum atomic E-state index is 0.207. The summed E-state index contributed by atoms with van der Waals surface area (Å²) >= 11 is 0. The lowest BCUT2D eigenvalue weighted by Crippen LogP contribution is -2.01. The van der Waals surface area contributed by atoms with Crippen molar-refractivity contribution in [1.82, 2.24) is 0 Å². The standard InChI is InChI=1S/C11H15NO/c1-7(2)9-5-4-6-10(13)11(9)8(3)12/h4-7,12-13H,1-3H3. The first-order chi connectivity index (χ1) is 6.04. The molecule has 0 bridgehead atoms. The molecule has 2 heteroatoms. The molecule has 0 radical (unpaired) electrons. The van der Waals surface area contributed by atoms with Crippen LogP contribution in [0.15, 0.2) is 18.2 Å². The molecule has 2 N–H and O–H groups in total. The Balaban J connectivity index is 3.34. The molecule has 1 aromatic rings. The second kappa shape index (κ2) is 3.60. The van der Waals surface area contributed by atoms with Gasteiger partial charge in [0.05, 0.1) is 0 Å². The summed E-state index contributed by atoms with van der Waals surface area (Å²) in [5.74, 6) is 0.543. The van der Waals surface area contributed by atoms with E-state index in [-0.39, 0.29) is 5.75 Å². The summed E-state index contributed by atoms with van der Waals surface area (Å²) in [6.45, 7) is 5.81. The zero-order valence-corrected chi connectivity index (χ0v) is 8.26. The largest absolute Gasteiger partial charge is 0.507 e. The zero-order valence-electron chi connectivity index (χ0n) is 8.26. The number of nitrogens with one attached hydrogen (secondary N) is 1. The van der Waals surface area contributed by atoms with Crippen LogP contribution >= 0.6 is 0 Å². The molecule has 0 spiro atoms. The van der Waals surface area contributed by atoms with E-state index < -0.39 is 0 Å². The highest BCUT2D eigenvalue weighted by atomic mass is 16.3. The van der Waals surface area contributed by atoms with Crippen LogP contribution in [0.3, 0.4) is 0 Å². The third-order valence-electron chi connectivity index (χ3n) is 2.07. The SMILES string of the molecule is CC(=N)c1c(O)cccc1C(C)C. The van der Waals surface area contributed by atoms with Crippen LogP contribution in [-0.4, -0.2) is 10.8 Å². The molecule has 0 saturated carbocycles. The minimum absolute atomic E-state index is 0.207. The van der Waals surface area contributed by atoms with Crippen LogP contribution in [-0.2, 0) is 0 Å². The predicted molar refractivity (Wildman–Crippen MR) is 54.7 cm³/mol. The van der Waals surface area contributed by atoms with Crippen molar-refractivity contribution in [1.29, 1.82) is 5.41 Å². The van der Waals surface area contributed by atoms with Crippen molar-refractivity contribution in [2.75, 3.05) is 0 Å². The van der Waals surface area contributed by atoms with E-state index >= 15 is 0 Å². The summed E-state index contributed by atoms with van der Waals surface area (Å²) < 4.78 is 0. The van der Waals surface area contributed by atoms with Crippen LogP contribution in [0, 0.1) is 5.41 Å². The number of phenolic OH excluding ortho intramolecular Hbond substituents is 1. The maximum absolute atomic E-state index is 9.57. The van der Waals surface area contributed by atoms with Crippen LogP contribution in [0.25, 0.3) is 0 Å².